The Morgan fingerprint density at radius 3 is 2.94 bits per heavy atom. The van der Waals surface area contributed by atoms with Crippen molar-refractivity contribution in [1.82, 2.24) is 14.7 Å². The lowest BCUT2D eigenvalue weighted by Gasteiger charge is -2.19. The summed E-state index contributed by atoms with van der Waals surface area (Å²) in [4.78, 5) is 17.1. The molecule has 1 N–H and O–H groups in total. The molecule has 0 aromatic carbocycles. The molecule has 17 heavy (non-hydrogen) atoms. The molecular formula is C12H17N3OS. The third-order valence-corrected chi connectivity index (χ3v) is 3.11. The van der Waals surface area contributed by atoms with Crippen LogP contribution >= 0.6 is 11.3 Å². The molecule has 5 heteroatoms. The average molecular weight is 251 g/mol. The van der Waals surface area contributed by atoms with Crippen molar-refractivity contribution < 1.29 is 4.79 Å². The lowest BCUT2D eigenvalue weighted by molar-refractivity contribution is -0.117. The monoisotopic (exact) mass is 251 g/mol. The van der Waals surface area contributed by atoms with E-state index in [-0.39, 0.29) is 11.3 Å². The SMILES string of the molecule is CC(C)(C)NCC(=O)Cc1cn2ccsc2n1. The largest absolute Gasteiger partial charge is 0.305 e. The van der Waals surface area contributed by atoms with E-state index in [1.807, 2.05) is 42.9 Å². The van der Waals surface area contributed by atoms with Gasteiger partial charge < -0.3 is 5.32 Å². The quantitative estimate of drug-likeness (QED) is 0.902. The Morgan fingerprint density at radius 1 is 1.53 bits per heavy atom. The topological polar surface area (TPSA) is 46.4 Å². The highest BCUT2D eigenvalue weighted by Gasteiger charge is 2.13. The number of thiazole rings is 1. The highest BCUT2D eigenvalue weighted by atomic mass is 32.1. The van der Waals surface area contributed by atoms with Gasteiger partial charge in [-0.25, -0.2) is 4.98 Å². The molecule has 2 aromatic heterocycles. The van der Waals surface area contributed by atoms with Crippen LogP contribution in [0.4, 0.5) is 0 Å². The second kappa shape index (κ2) is 4.58. The van der Waals surface area contributed by atoms with Gasteiger partial charge in [0.25, 0.3) is 0 Å². The van der Waals surface area contributed by atoms with Crippen molar-refractivity contribution in [3.63, 3.8) is 0 Å². The molecular weight excluding hydrogens is 234 g/mol. The van der Waals surface area contributed by atoms with Crippen molar-refractivity contribution in [1.29, 1.82) is 0 Å². The fourth-order valence-electron chi connectivity index (χ4n) is 1.49. The normalized spacial score (nSPS) is 12.2. The smallest absolute Gasteiger partial charge is 0.193 e. The van der Waals surface area contributed by atoms with Gasteiger partial charge in [-0.15, -0.1) is 11.3 Å². The van der Waals surface area contributed by atoms with Gasteiger partial charge in [0.1, 0.15) is 0 Å². The minimum absolute atomic E-state index is 0.0236. The summed E-state index contributed by atoms with van der Waals surface area (Å²) in [5.74, 6) is 0.172. The fraction of sp³-hybridized carbons (Fsp3) is 0.500. The molecule has 0 amide bonds. The van der Waals surface area contributed by atoms with Gasteiger partial charge in [-0.05, 0) is 20.8 Å². The summed E-state index contributed by atoms with van der Waals surface area (Å²) in [5.41, 5.74) is 0.821. The van der Waals surface area contributed by atoms with Crippen molar-refractivity contribution in [2.24, 2.45) is 0 Å². The van der Waals surface area contributed by atoms with Crippen LogP contribution in [-0.2, 0) is 11.2 Å². The van der Waals surface area contributed by atoms with Crippen LogP contribution in [0.25, 0.3) is 4.96 Å². The molecule has 0 atom stereocenters. The number of fused-ring (bicyclic) bond motifs is 1. The van der Waals surface area contributed by atoms with Crippen LogP contribution < -0.4 is 5.32 Å². The Kier molecular flexibility index (Phi) is 3.31. The van der Waals surface area contributed by atoms with Crippen LogP contribution in [0.15, 0.2) is 17.8 Å². The van der Waals surface area contributed by atoms with Crippen LogP contribution in [0.5, 0.6) is 0 Å². The predicted octanol–water partition coefficient (Wildman–Crippen LogP) is 1.90. The van der Waals surface area contributed by atoms with Gasteiger partial charge in [-0.2, -0.15) is 0 Å². The molecule has 0 radical (unpaired) electrons. The second-order valence-corrected chi connectivity index (χ2v) is 6.02. The highest BCUT2D eigenvalue weighted by molar-refractivity contribution is 7.15. The first-order chi connectivity index (χ1) is 7.94. The number of nitrogens with zero attached hydrogens (tertiary/aromatic N) is 2. The summed E-state index contributed by atoms with van der Waals surface area (Å²) in [6, 6.07) is 0. The first kappa shape index (κ1) is 12.3. The van der Waals surface area contributed by atoms with Gasteiger partial charge in [0, 0.05) is 23.3 Å². The number of imidazole rings is 1. The van der Waals surface area contributed by atoms with Crippen LogP contribution in [-0.4, -0.2) is 27.3 Å². The van der Waals surface area contributed by atoms with E-state index in [2.05, 4.69) is 10.3 Å². The van der Waals surface area contributed by atoms with Gasteiger partial charge in [-0.1, -0.05) is 0 Å². The van der Waals surface area contributed by atoms with Crippen LogP contribution in [0.3, 0.4) is 0 Å². The number of carbonyl (C=O) groups is 1. The number of hydrogen-bond donors (Lipinski definition) is 1. The summed E-state index contributed by atoms with van der Waals surface area (Å²) in [6.45, 7) is 6.54. The molecule has 2 rings (SSSR count). The van der Waals surface area contributed by atoms with E-state index in [0.717, 1.165) is 10.7 Å². The van der Waals surface area contributed by atoms with E-state index in [9.17, 15) is 4.79 Å². The number of ketones is 1. The van der Waals surface area contributed by atoms with Gasteiger partial charge in [0.15, 0.2) is 10.7 Å². The zero-order valence-corrected chi connectivity index (χ0v) is 11.2. The van der Waals surface area contributed by atoms with Gasteiger partial charge in [-0.3, -0.25) is 9.20 Å². The molecule has 0 saturated carbocycles. The van der Waals surface area contributed by atoms with Crippen molar-refractivity contribution in [3.05, 3.63) is 23.5 Å². The van der Waals surface area contributed by atoms with Crippen LogP contribution in [0.1, 0.15) is 26.5 Å². The Hall–Kier alpha value is -1.20. The molecule has 0 aliphatic rings. The van der Waals surface area contributed by atoms with Gasteiger partial charge in [0.2, 0.25) is 0 Å². The van der Waals surface area contributed by atoms with Crippen molar-refractivity contribution in [2.75, 3.05) is 6.54 Å². The summed E-state index contributed by atoms with van der Waals surface area (Å²) < 4.78 is 1.95. The summed E-state index contributed by atoms with van der Waals surface area (Å²) in [7, 11) is 0. The zero-order chi connectivity index (χ0) is 12.5. The molecule has 0 bridgehead atoms. The summed E-state index contributed by atoms with van der Waals surface area (Å²) in [5, 5.41) is 5.17. The van der Waals surface area contributed by atoms with Gasteiger partial charge in [0.05, 0.1) is 18.7 Å². The van der Waals surface area contributed by atoms with E-state index in [1.54, 1.807) is 11.3 Å². The van der Waals surface area contributed by atoms with E-state index in [4.69, 9.17) is 0 Å². The molecule has 2 heterocycles. The van der Waals surface area contributed by atoms with E-state index in [0.29, 0.717) is 13.0 Å². The van der Waals surface area contributed by atoms with Crippen molar-refractivity contribution in [3.8, 4) is 0 Å². The standard InChI is InChI=1S/C12H17N3OS/c1-12(2,3)13-7-10(16)6-9-8-15-4-5-17-11(15)14-9/h4-5,8,13H,6-7H2,1-3H3. The second-order valence-electron chi connectivity index (χ2n) is 5.14. The van der Waals surface area contributed by atoms with E-state index < -0.39 is 0 Å². The number of carbonyl (C=O) groups excluding carboxylic acids is 1. The molecule has 0 spiro atoms. The predicted molar refractivity (Wildman–Crippen MR) is 69.5 cm³/mol. The molecule has 0 aliphatic heterocycles. The zero-order valence-electron chi connectivity index (χ0n) is 10.4. The number of hydrogen-bond acceptors (Lipinski definition) is 4. The molecule has 0 unspecified atom stereocenters. The lowest BCUT2D eigenvalue weighted by Crippen LogP contribution is -2.39. The third kappa shape index (κ3) is 3.38. The Balaban J connectivity index is 1.92. The molecule has 0 fully saturated rings. The fourth-order valence-corrected chi connectivity index (χ4v) is 2.21. The Morgan fingerprint density at radius 2 is 2.29 bits per heavy atom. The van der Waals surface area contributed by atoms with Crippen LogP contribution in [0, 0.1) is 0 Å². The molecule has 92 valence electrons. The maximum absolute atomic E-state index is 11.7. The van der Waals surface area contributed by atoms with E-state index in [1.165, 1.54) is 0 Å². The van der Waals surface area contributed by atoms with Crippen molar-refractivity contribution in [2.45, 2.75) is 32.7 Å². The highest BCUT2D eigenvalue weighted by Crippen LogP contribution is 2.11. The first-order valence-corrected chi connectivity index (χ1v) is 6.50. The summed E-state index contributed by atoms with van der Waals surface area (Å²) in [6.07, 6.45) is 4.27. The minimum atomic E-state index is -0.0236. The molecule has 0 saturated heterocycles. The van der Waals surface area contributed by atoms with E-state index >= 15 is 0 Å². The Labute approximate surface area is 105 Å². The maximum atomic E-state index is 11.7. The maximum Gasteiger partial charge on any atom is 0.193 e. The third-order valence-electron chi connectivity index (χ3n) is 2.34. The number of aromatic nitrogens is 2. The number of rotatable bonds is 4. The van der Waals surface area contributed by atoms with Crippen molar-refractivity contribution >= 4 is 22.1 Å². The number of nitrogens with one attached hydrogen (secondary N) is 1. The lowest BCUT2D eigenvalue weighted by atomic mass is 10.1. The molecule has 4 nitrogen and oxygen atoms in total. The van der Waals surface area contributed by atoms with Gasteiger partial charge >= 0.3 is 0 Å². The Bertz CT molecular complexity index is 493. The summed E-state index contributed by atoms with van der Waals surface area (Å²) >= 11 is 1.58. The first-order valence-electron chi connectivity index (χ1n) is 5.62. The minimum Gasteiger partial charge on any atom is -0.305 e. The molecule has 0 aliphatic carbocycles. The average Bonchev–Trinajstić information content (AvgIpc) is 2.73. The number of Topliss-reactive ketones (excluding diaryl/α,β-unsaturated/α-hetero) is 1. The molecule has 2 aromatic rings. The van der Waals surface area contributed by atoms with Crippen LogP contribution in [0.2, 0.25) is 0 Å².